The first-order valence-electron chi connectivity index (χ1n) is 11.3. The number of hydrogen-bond donors (Lipinski definition) is 2. The van der Waals surface area contributed by atoms with Gasteiger partial charge in [-0.25, -0.2) is 22.8 Å². The highest BCUT2D eigenvalue weighted by molar-refractivity contribution is 5.88. The largest absolute Gasteiger partial charge is 0.445 e. The molecule has 0 saturated heterocycles. The zero-order valence-corrected chi connectivity index (χ0v) is 19.9. The van der Waals surface area contributed by atoms with Gasteiger partial charge >= 0.3 is 18.2 Å². The molecule has 3 aromatic carbocycles. The van der Waals surface area contributed by atoms with Gasteiger partial charge in [-0.05, 0) is 36.2 Å². The Morgan fingerprint density at radius 1 is 0.921 bits per heavy atom. The van der Waals surface area contributed by atoms with E-state index in [9.17, 15) is 31.5 Å². The van der Waals surface area contributed by atoms with Crippen molar-refractivity contribution in [2.24, 2.45) is 0 Å². The number of para-hydroxylation sites is 1. The fourth-order valence-corrected chi connectivity index (χ4v) is 3.85. The maximum atomic E-state index is 14.8. The Hall–Kier alpha value is -4.41. The average molecular weight is 532 g/mol. The van der Waals surface area contributed by atoms with E-state index in [0.717, 1.165) is 6.92 Å². The topological polar surface area (TPSA) is 80.4 Å². The number of rotatable bonds is 8. The molecule has 4 rings (SSSR count). The quantitative estimate of drug-likeness (QED) is 0.163. The van der Waals surface area contributed by atoms with Gasteiger partial charge in [0, 0.05) is 23.5 Å². The highest BCUT2D eigenvalue weighted by Crippen LogP contribution is 2.35. The number of hydrogen-bond acceptors (Lipinski definition) is 4. The van der Waals surface area contributed by atoms with Crippen LogP contribution in [0, 0.1) is 17.5 Å². The van der Waals surface area contributed by atoms with Gasteiger partial charge < -0.3 is 19.8 Å². The summed E-state index contributed by atoms with van der Waals surface area (Å²) in [6, 6.07) is 16.0. The Morgan fingerprint density at radius 3 is 2.34 bits per heavy atom. The Balaban J connectivity index is 1.61. The lowest BCUT2D eigenvalue weighted by Gasteiger charge is -2.30. The monoisotopic (exact) mass is 532 g/mol. The van der Waals surface area contributed by atoms with Gasteiger partial charge in [-0.15, -0.1) is 0 Å². The van der Waals surface area contributed by atoms with Crippen LogP contribution in [0.3, 0.4) is 0 Å². The summed E-state index contributed by atoms with van der Waals surface area (Å²) >= 11 is 0. The molecule has 1 aromatic heterocycles. The predicted molar refractivity (Wildman–Crippen MR) is 126 cm³/mol. The Bertz CT molecular complexity index is 1480. The standard InChI is InChI=1S/C27H21F5N2O4/c1-26(13-17-14-33-21-10-6-5-9-18(17)21,34-25(36)37-15-16-7-3-2-4-8-16)24(35)38-27(31,32)19-11-12-20(28)23(30)22(19)29/h2-12,14,33H,13,15H2,1H3,(H,34,36)/t26-/m1/s1. The molecule has 2 N–H and O–H groups in total. The molecule has 0 spiro atoms. The Labute approximate surface area is 213 Å². The van der Waals surface area contributed by atoms with Crippen LogP contribution in [-0.4, -0.2) is 22.6 Å². The van der Waals surface area contributed by atoms with Crippen LogP contribution in [0.4, 0.5) is 26.7 Å². The third-order valence-corrected chi connectivity index (χ3v) is 5.83. The predicted octanol–water partition coefficient (Wildman–Crippen LogP) is 6.11. The van der Waals surface area contributed by atoms with Gasteiger partial charge in [0.1, 0.15) is 17.7 Å². The summed E-state index contributed by atoms with van der Waals surface area (Å²) in [7, 11) is 0. The molecule has 1 atom stereocenters. The fourth-order valence-electron chi connectivity index (χ4n) is 3.85. The number of esters is 1. The molecule has 4 aromatic rings. The molecule has 198 valence electrons. The first-order chi connectivity index (χ1) is 18.0. The van der Waals surface area contributed by atoms with E-state index in [1.165, 1.54) is 6.20 Å². The number of fused-ring (bicyclic) bond motifs is 1. The number of ether oxygens (including phenoxy) is 2. The van der Waals surface area contributed by atoms with Gasteiger partial charge in [0.2, 0.25) is 0 Å². The number of carbonyl (C=O) groups is 2. The number of carbonyl (C=O) groups excluding carboxylic acids is 2. The average Bonchev–Trinajstić information content (AvgIpc) is 3.28. The molecule has 0 aliphatic rings. The third-order valence-electron chi connectivity index (χ3n) is 5.83. The van der Waals surface area contributed by atoms with E-state index in [2.05, 4.69) is 15.0 Å². The van der Waals surface area contributed by atoms with Gasteiger partial charge in [-0.3, -0.25) is 0 Å². The Kier molecular flexibility index (Phi) is 7.38. The molecule has 0 aliphatic heterocycles. The van der Waals surface area contributed by atoms with Crippen LogP contribution in [0.1, 0.15) is 23.6 Å². The number of nitrogens with one attached hydrogen (secondary N) is 2. The maximum absolute atomic E-state index is 14.8. The van der Waals surface area contributed by atoms with Crippen LogP contribution in [0.5, 0.6) is 0 Å². The molecule has 0 unspecified atom stereocenters. The van der Waals surface area contributed by atoms with Crippen LogP contribution in [-0.2, 0) is 33.4 Å². The number of aromatic amines is 1. The summed E-state index contributed by atoms with van der Waals surface area (Å²) in [4.78, 5) is 28.7. The highest BCUT2D eigenvalue weighted by atomic mass is 19.3. The molecular weight excluding hydrogens is 511 g/mol. The van der Waals surface area contributed by atoms with Crippen molar-refractivity contribution in [2.45, 2.75) is 31.6 Å². The van der Waals surface area contributed by atoms with E-state index in [4.69, 9.17) is 4.74 Å². The molecule has 0 aliphatic carbocycles. The van der Waals surface area contributed by atoms with E-state index in [-0.39, 0.29) is 25.2 Å². The molecule has 0 radical (unpaired) electrons. The number of amides is 1. The molecule has 1 amide bonds. The molecule has 0 saturated carbocycles. The minimum Gasteiger partial charge on any atom is -0.445 e. The third kappa shape index (κ3) is 5.61. The van der Waals surface area contributed by atoms with Gasteiger partial charge in [0.25, 0.3) is 0 Å². The van der Waals surface area contributed by atoms with Gasteiger partial charge in [-0.1, -0.05) is 48.5 Å². The molecular formula is C27H21F5N2O4. The van der Waals surface area contributed by atoms with Crippen LogP contribution >= 0.6 is 0 Å². The van der Waals surface area contributed by atoms with Crippen molar-refractivity contribution in [3.8, 4) is 0 Å². The van der Waals surface area contributed by atoms with Crippen molar-refractivity contribution in [3.05, 3.63) is 107 Å². The van der Waals surface area contributed by atoms with Crippen LogP contribution in [0.2, 0.25) is 0 Å². The Morgan fingerprint density at radius 2 is 1.61 bits per heavy atom. The van der Waals surface area contributed by atoms with Crippen molar-refractivity contribution >= 4 is 23.0 Å². The van der Waals surface area contributed by atoms with E-state index in [1.54, 1.807) is 54.6 Å². The minimum atomic E-state index is -4.70. The number of alkyl carbamates (subject to hydrolysis) is 1. The zero-order chi connectivity index (χ0) is 27.5. The number of halogens is 5. The molecule has 0 bridgehead atoms. The SMILES string of the molecule is C[C@](Cc1c[nH]c2ccccc12)(NC(=O)OCc1ccccc1)C(=O)OC(F)(F)c1ccc(F)c(F)c1F. The minimum absolute atomic E-state index is 0.179. The zero-order valence-electron chi connectivity index (χ0n) is 19.9. The summed E-state index contributed by atoms with van der Waals surface area (Å²) in [6.45, 7) is 0.944. The second kappa shape index (κ2) is 10.5. The van der Waals surface area contributed by atoms with Gasteiger partial charge in [0.05, 0.1) is 0 Å². The van der Waals surface area contributed by atoms with Crippen molar-refractivity contribution in [2.75, 3.05) is 0 Å². The number of alkyl halides is 2. The van der Waals surface area contributed by atoms with Crippen molar-refractivity contribution in [1.29, 1.82) is 0 Å². The smallest absolute Gasteiger partial charge is 0.431 e. The molecule has 11 heteroatoms. The van der Waals surface area contributed by atoms with Crippen molar-refractivity contribution in [3.63, 3.8) is 0 Å². The highest BCUT2D eigenvalue weighted by Gasteiger charge is 2.47. The van der Waals surface area contributed by atoms with Crippen molar-refractivity contribution < 1.29 is 41.0 Å². The maximum Gasteiger partial charge on any atom is 0.431 e. The lowest BCUT2D eigenvalue weighted by Crippen LogP contribution is -2.55. The lowest BCUT2D eigenvalue weighted by atomic mass is 9.92. The molecule has 6 nitrogen and oxygen atoms in total. The van der Waals surface area contributed by atoms with Crippen LogP contribution < -0.4 is 5.32 Å². The normalized spacial score (nSPS) is 13.1. The summed E-state index contributed by atoms with van der Waals surface area (Å²) in [5, 5.41) is 2.91. The number of aromatic nitrogens is 1. The second-order valence-electron chi connectivity index (χ2n) is 8.68. The van der Waals surface area contributed by atoms with E-state index in [0.29, 0.717) is 22.0 Å². The van der Waals surface area contributed by atoms with E-state index < -0.39 is 46.7 Å². The molecule has 0 fully saturated rings. The van der Waals surface area contributed by atoms with Crippen molar-refractivity contribution in [1.82, 2.24) is 10.3 Å². The number of H-pyrrole nitrogens is 1. The van der Waals surface area contributed by atoms with Crippen LogP contribution in [0.25, 0.3) is 10.9 Å². The second-order valence-corrected chi connectivity index (χ2v) is 8.68. The van der Waals surface area contributed by atoms with E-state index in [1.807, 2.05) is 0 Å². The summed E-state index contributed by atoms with van der Waals surface area (Å²) in [5.74, 6) is -7.73. The first kappa shape index (κ1) is 26.6. The van der Waals surface area contributed by atoms with Crippen LogP contribution in [0.15, 0.2) is 72.9 Å². The van der Waals surface area contributed by atoms with E-state index >= 15 is 0 Å². The first-order valence-corrected chi connectivity index (χ1v) is 11.3. The number of benzene rings is 3. The summed E-state index contributed by atoms with van der Waals surface area (Å²) in [5.41, 5.74) is -2.07. The lowest BCUT2D eigenvalue weighted by molar-refractivity contribution is -0.246. The summed E-state index contributed by atoms with van der Waals surface area (Å²) < 4.78 is 80.0. The summed E-state index contributed by atoms with van der Waals surface area (Å²) in [6.07, 6.45) is -4.63. The van der Waals surface area contributed by atoms with Gasteiger partial charge in [0.15, 0.2) is 17.5 Å². The molecule has 1 heterocycles. The molecule has 38 heavy (non-hydrogen) atoms. The van der Waals surface area contributed by atoms with Gasteiger partial charge in [-0.2, -0.15) is 8.78 Å². The fraction of sp³-hybridized carbons (Fsp3) is 0.185.